The summed E-state index contributed by atoms with van der Waals surface area (Å²) in [4.78, 5) is 11.4. The van der Waals surface area contributed by atoms with Crippen molar-refractivity contribution in [3.8, 4) is 11.5 Å². The van der Waals surface area contributed by atoms with E-state index in [9.17, 15) is 0 Å². The van der Waals surface area contributed by atoms with Crippen molar-refractivity contribution in [3.63, 3.8) is 0 Å². The highest BCUT2D eigenvalue weighted by molar-refractivity contribution is 6.18. The van der Waals surface area contributed by atoms with Gasteiger partial charge in [0.2, 0.25) is 6.79 Å². The lowest BCUT2D eigenvalue weighted by molar-refractivity contribution is 0.174. The predicted molar refractivity (Wildman–Crippen MR) is 108 cm³/mol. The number of pyridine rings is 2. The van der Waals surface area contributed by atoms with Crippen LogP contribution in [0.25, 0.3) is 32.4 Å². The van der Waals surface area contributed by atoms with E-state index in [1.54, 1.807) is 0 Å². The molecule has 0 amide bonds. The second-order valence-electron chi connectivity index (χ2n) is 7.00. The van der Waals surface area contributed by atoms with Crippen molar-refractivity contribution in [2.45, 2.75) is 0 Å². The van der Waals surface area contributed by atoms with E-state index >= 15 is 0 Å². The van der Waals surface area contributed by atoms with Crippen LogP contribution in [0.1, 0.15) is 0 Å². The van der Waals surface area contributed by atoms with Gasteiger partial charge in [-0.1, -0.05) is 12.1 Å². The summed E-state index contributed by atoms with van der Waals surface area (Å²) in [6.07, 6.45) is 3.69. The highest BCUT2D eigenvalue weighted by Crippen LogP contribution is 2.41. The summed E-state index contributed by atoms with van der Waals surface area (Å²) in [7, 11) is 4.12. The van der Waals surface area contributed by atoms with E-state index in [4.69, 9.17) is 14.5 Å². The largest absolute Gasteiger partial charge is 0.454 e. The molecule has 27 heavy (non-hydrogen) atoms. The Balaban J connectivity index is 1.79. The Morgan fingerprint density at radius 1 is 1.00 bits per heavy atom. The Bertz CT molecular complexity index is 1170. The Kier molecular flexibility index (Phi) is 3.72. The van der Waals surface area contributed by atoms with Crippen molar-refractivity contribution in [1.82, 2.24) is 14.9 Å². The number of fused-ring (bicyclic) bond motifs is 6. The molecule has 0 fully saturated rings. The van der Waals surface area contributed by atoms with Crippen LogP contribution in [-0.2, 0) is 0 Å². The molecule has 2 aromatic heterocycles. The molecule has 1 N–H and O–H groups in total. The maximum atomic E-state index is 5.62. The van der Waals surface area contributed by atoms with E-state index in [1.807, 2.05) is 24.5 Å². The molecule has 0 spiro atoms. The average molecular weight is 360 g/mol. The van der Waals surface area contributed by atoms with Crippen LogP contribution in [0.4, 0.5) is 5.82 Å². The minimum absolute atomic E-state index is 0.259. The molecule has 0 bridgehead atoms. The van der Waals surface area contributed by atoms with Crippen molar-refractivity contribution >= 4 is 38.3 Å². The first-order valence-corrected chi connectivity index (χ1v) is 8.99. The van der Waals surface area contributed by atoms with Crippen molar-refractivity contribution in [2.75, 3.05) is 39.3 Å². The fourth-order valence-corrected chi connectivity index (χ4v) is 3.56. The summed E-state index contributed by atoms with van der Waals surface area (Å²) in [5, 5.41) is 8.92. The van der Waals surface area contributed by atoms with Gasteiger partial charge in [0.25, 0.3) is 0 Å². The first-order chi connectivity index (χ1) is 13.2. The lowest BCUT2D eigenvalue weighted by Crippen LogP contribution is -2.21. The van der Waals surface area contributed by atoms with Gasteiger partial charge in [-0.3, -0.25) is 4.98 Å². The maximum absolute atomic E-state index is 5.62. The van der Waals surface area contributed by atoms with E-state index in [-0.39, 0.29) is 6.79 Å². The summed E-state index contributed by atoms with van der Waals surface area (Å²) < 4.78 is 11.2. The highest BCUT2D eigenvalue weighted by Gasteiger charge is 2.19. The third-order valence-electron chi connectivity index (χ3n) is 4.92. The van der Waals surface area contributed by atoms with Gasteiger partial charge in [0, 0.05) is 47.0 Å². The first-order valence-electron chi connectivity index (χ1n) is 8.99. The minimum atomic E-state index is 0.259. The van der Waals surface area contributed by atoms with Crippen LogP contribution in [0, 0.1) is 0 Å². The van der Waals surface area contributed by atoms with Gasteiger partial charge in [0.15, 0.2) is 11.5 Å². The number of hydrogen-bond acceptors (Lipinski definition) is 6. The summed E-state index contributed by atoms with van der Waals surface area (Å²) in [6.45, 7) is 1.99. The molecule has 2 aromatic carbocycles. The van der Waals surface area contributed by atoms with Crippen LogP contribution in [-0.4, -0.2) is 48.8 Å². The number of hydrogen-bond donors (Lipinski definition) is 1. The molecule has 1 aliphatic rings. The van der Waals surface area contributed by atoms with Crippen molar-refractivity contribution in [2.24, 2.45) is 0 Å². The molecule has 0 saturated carbocycles. The van der Waals surface area contributed by atoms with Gasteiger partial charge in [-0.05, 0) is 37.7 Å². The number of aromatic nitrogens is 2. The lowest BCUT2D eigenvalue weighted by atomic mass is 10.0. The van der Waals surface area contributed by atoms with Gasteiger partial charge in [-0.25, -0.2) is 4.98 Å². The summed E-state index contributed by atoms with van der Waals surface area (Å²) in [5.41, 5.74) is 0.966. The molecule has 0 radical (unpaired) electrons. The molecule has 0 unspecified atom stereocenters. The Labute approximate surface area is 156 Å². The summed E-state index contributed by atoms with van der Waals surface area (Å²) in [6, 6.07) is 10.3. The normalized spacial score (nSPS) is 13.1. The third kappa shape index (κ3) is 2.69. The molecule has 0 aliphatic carbocycles. The second-order valence-corrected chi connectivity index (χ2v) is 7.00. The van der Waals surface area contributed by atoms with Crippen LogP contribution >= 0.6 is 0 Å². The number of rotatable bonds is 4. The topological polar surface area (TPSA) is 59.5 Å². The quantitative estimate of drug-likeness (QED) is 0.561. The SMILES string of the molecule is CN(C)CCNc1nc2c3ccncc3ccc2c2cc3c(cc12)OCO3. The molecular weight excluding hydrogens is 340 g/mol. The van der Waals surface area contributed by atoms with E-state index in [0.717, 1.165) is 62.9 Å². The standard InChI is InChI=1S/C21H20N4O2/c1-25(2)8-7-23-21-17-10-19-18(26-12-27-19)9-16(17)15-4-3-13-11-22-6-5-14(13)20(15)24-21/h3-6,9-11H,7-8,12H2,1-2H3,(H,23,24). The van der Waals surface area contributed by atoms with Crippen molar-refractivity contribution in [1.29, 1.82) is 0 Å². The lowest BCUT2D eigenvalue weighted by Gasteiger charge is -2.15. The van der Waals surface area contributed by atoms with Crippen LogP contribution in [0.15, 0.2) is 42.7 Å². The third-order valence-corrected chi connectivity index (χ3v) is 4.92. The van der Waals surface area contributed by atoms with E-state index in [1.165, 1.54) is 0 Å². The van der Waals surface area contributed by atoms with Gasteiger partial charge in [0.1, 0.15) is 5.82 Å². The number of ether oxygens (including phenoxy) is 2. The number of benzene rings is 2. The molecule has 0 atom stereocenters. The fraction of sp³-hybridized carbons (Fsp3) is 0.238. The van der Waals surface area contributed by atoms with Gasteiger partial charge in [-0.2, -0.15) is 0 Å². The zero-order valence-electron chi connectivity index (χ0n) is 15.3. The smallest absolute Gasteiger partial charge is 0.231 e. The first kappa shape index (κ1) is 16.1. The van der Waals surface area contributed by atoms with Crippen LogP contribution < -0.4 is 14.8 Å². The number of nitrogens with zero attached hydrogens (tertiary/aromatic N) is 3. The summed E-state index contributed by atoms with van der Waals surface area (Å²) >= 11 is 0. The zero-order valence-corrected chi connectivity index (χ0v) is 15.3. The van der Waals surface area contributed by atoms with Crippen LogP contribution in [0.3, 0.4) is 0 Å². The molecular formula is C21H20N4O2. The van der Waals surface area contributed by atoms with Gasteiger partial charge in [0.05, 0.1) is 5.52 Å². The Morgan fingerprint density at radius 2 is 1.81 bits per heavy atom. The summed E-state index contributed by atoms with van der Waals surface area (Å²) in [5.74, 6) is 2.41. The average Bonchev–Trinajstić information content (AvgIpc) is 3.13. The molecule has 6 heteroatoms. The fourth-order valence-electron chi connectivity index (χ4n) is 3.56. The predicted octanol–water partition coefficient (Wildman–Crippen LogP) is 3.64. The number of anilines is 1. The van der Waals surface area contributed by atoms with E-state index < -0.39 is 0 Å². The van der Waals surface area contributed by atoms with Crippen LogP contribution in [0.2, 0.25) is 0 Å². The van der Waals surface area contributed by atoms with Crippen molar-refractivity contribution in [3.05, 3.63) is 42.7 Å². The highest BCUT2D eigenvalue weighted by atomic mass is 16.7. The number of nitrogens with one attached hydrogen (secondary N) is 1. The molecule has 3 heterocycles. The van der Waals surface area contributed by atoms with Crippen LogP contribution in [0.5, 0.6) is 11.5 Å². The molecule has 136 valence electrons. The van der Waals surface area contributed by atoms with E-state index in [0.29, 0.717) is 0 Å². The van der Waals surface area contributed by atoms with Gasteiger partial charge < -0.3 is 19.7 Å². The zero-order chi connectivity index (χ0) is 18.4. The second kappa shape index (κ2) is 6.25. The molecule has 6 nitrogen and oxygen atoms in total. The molecule has 4 aromatic rings. The maximum Gasteiger partial charge on any atom is 0.231 e. The van der Waals surface area contributed by atoms with Gasteiger partial charge >= 0.3 is 0 Å². The Morgan fingerprint density at radius 3 is 2.63 bits per heavy atom. The molecule has 5 rings (SSSR count). The monoisotopic (exact) mass is 360 g/mol. The minimum Gasteiger partial charge on any atom is -0.454 e. The number of likely N-dealkylation sites (N-methyl/N-ethyl adjacent to an activating group) is 1. The van der Waals surface area contributed by atoms with E-state index in [2.05, 4.69) is 47.5 Å². The Hall–Kier alpha value is -3.12. The van der Waals surface area contributed by atoms with Crippen molar-refractivity contribution < 1.29 is 9.47 Å². The molecule has 1 aliphatic heterocycles. The molecule has 0 saturated heterocycles. The van der Waals surface area contributed by atoms with Gasteiger partial charge in [-0.15, -0.1) is 0 Å².